The molecular formula is C13H23NO3. The van der Waals surface area contributed by atoms with Crippen LogP contribution in [-0.2, 0) is 14.3 Å². The van der Waals surface area contributed by atoms with Gasteiger partial charge in [0.2, 0.25) is 0 Å². The van der Waals surface area contributed by atoms with Crippen LogP contribution in [0.3, 0.4) is 0 Å². The maximum absolute atomic E-state index is 12.0. The number of nitrogens with zero attached hydrogens (tertiary/aromatic N) is 1. The standard InChI is InChI=1S/C13H23NO3/c1-3-5-12(13(15)16-4-2)14-8-10-6-7-11(9-14)17-10/h10-12H,3-9H2,1-2H3. The zero-order valence-corrected chi connectivity index (χ0v) is 10.9. The van der Waals surface area contributed by atoms with E-state index in [1.54, 1.807) is 0 Å². The number of fused-ring (bicyclic) bond motifs is 2. The smallest absolute Gasteiger partial charge is 0.323 e. The van der Waals surface area contributed by atoms with Gasteiger partial charge in [-0.2, -0.15) is 0 Å². The Kier molecular flexibility index (Phi) is 4.40. The van der Waals surface area contributed by atoms with Crippen LogP contribution in [-0.4, -0.2) is 48.8 Å². The van der Waals surface area contributed by atoms with Crippen molar-refractivity contribution in [1.82, 2.24) is 4.90 Å². The maximum Gasteiger partial charge on any atom is 0.323 e. The second-order valence-electron chi connectivity index (χ2n) is 4.97. The molecule has 0 saturated carbocycles. The summed E-state index contributed by atoms with van der Waals surface area (Å²) < 4.78 is 11.0. The zero-order chi connectivity index (χ0) is 12.3. The molecule has 3 unspecified atom stereocenters. The highest BCUT2D eigenvalue weighted by atomic mass is 16.5. The van der Waals surface area contributed by atoms with E-state index < -0.39 is 0 Å². The number of ether oxygens (including phenoxy) is 2. The number of carbonyl (C=O) groups is 1. The van der Waals surface area contributed by atoms with E-state index in [4.69, 9.17) is 9.47 Å². The number of rotatable bonds is 5. The van der Waals surface area contributed by atoms with Crippen LogP contribution in [0.1, 0.15) is 39.5 Å². The number of likely N-dealkylation sites (tertiary alicyclic amines) is 1. The van der Waals surface area contributed by atoms with Gasteiger partial charge in [0.05, 0.1) is 18.8 Å². The molecule has 0 aromatic heterocycles. The fourth-order valence-electron chi connectivity index (χ4n) is 2.86. The predicted octanol–water partition coefficient (Wildman–Crippen LogP) is 1.58. The molecule has 2 aliphatic heterocycles. The van der Waals surface area contributed by atoms with Gasteiger partial charge in [-0.05, 0) is 26.2 Å². The van der Waals surface area contributed by atoms with Crippen LogP contribution < -0.4 is 0 Å². The van der Waals surface area contributed by atoms with Gasteiger partial charge in [0.15, 0.2) is 0 Å². The van der Waals surface area contributed by atoms with E-state index in [0.717, 1.165) is 38.8 Å². The number of esters is 1. The normalized spacial score (nSPS) is 30.2. The average Bonchev–Trinajstić information content (AvgIpc) is 2.65. The van der Waals surface area contributed by atoms with Crippen molar-refractivity contribution in [3.63, 3.8) is 0 Å². The Bertz CT molecular complexity index is 257. The summed E-state index contributed by atoms with van der Waals surface area (Å²) in [5, 5.41) is 0. The monoisotopic (exact) mass is 241 g/mol. The Hall–Kier alpha value is -0.610. The number of hydrogen-bond acceptors (Lipinski definition) is 4. The Morgan fingerprint density at radius 1 is 1.35 bits per heavy atom. The van der Waals surface area contributed by atoms with E-state index in [9.17, 15) is 4.79 Å². The third kappa shape index (κ3) is 2.99. The third-order valence-electron chi connectivity index (χ3n) is 3.63. The molecule has 0 aliphatic carbocycles. The Morgan fingerprint density at radius 3 is 2.53 bits per heavy atom. The van der Waals surface area contributed by atoms with Gasteiger partial charge in [0.25, 0.3) is 0 Å². The lowest BCUT2D eigenvalue weighted by molar-refractivity contribution is -0.153. The lowest BCUT2D eigenvalue weighted by Crippen LogP contribution is -2.51. The SMILES string of the molecule is CCCC(C(=O)OCC)N1CC2CCC(C1)O2. The fraction of sp³-hybridized carbons (Fsp3) is 0.923. The topological polar surface area (TPSA) is 38.8 Å². The molecule has 2 rings (SSSR count). The predicted molar refractivity (Wildman–Crippen MR) is 64.8 cm³/mol. The fourth-order valence-corrected chi connectivity index (χ4v) is 2.86. The lowest BCUT2D eigenvalue weighted by Gasteiger charge is -2.36. The van der Waals surface area contributed by atoms with E-state index in [1.165, 1.54) is 0 Å². The van der Waals surface area contributed by atoms with Crippen molar-refractivity contribution in [2.75, 3.05) is 19.7 Å². The first kappa shape index (κ1) is 12.8. The van der Waals surface area contributed by atoms with Gasteiger partial charge in [-0.15, -0.1) is 0 Å². The Balaban J connectivity index is 1.97. The lowest BCUT2D eigenvalue weighted by atomic mass is 10.1. The molecule has 98 valence electrons. The molecule has 0 spiro atoms. The molecular weight excluding hydrogens is 218 g/mol. The van der Waals surface area contributed by atoms with Crippen molar-refractivity contribution in [3.8, 4) is 0 Å². The minimum absolute atomic E-state index is 0.0596. The molecule has 2 aliphatic rings. The summed E-state index contributed by atoms with van der Waals surface area (Å²) in [5.41, 5.74) is 0. The van der Waals surface area contributed by atoms with Gasteiger partial charge < -0.3 is 9.47 Å². The van der Waals surface area contributed by atoms with Crippen molar-refractivity contribution < 1.29 is 14.3 Å². The number of hydrogen-bond donors (Lipinski definition) is 0. The van der Waals surface area contributed by atoms with Crippen molar-refractivity contribution in [1.29, 1.82) is 0 Å². The van der Waals surface area contributed by atoms with E-state index in [0.29, 0.717) is 18.8 Å². The Morgan fingerprint density at radius 2 is 2.00 bits per heavy atom. The van der Waals surface area contributed by atoms with Crippen LogP contribution in [0.15, 0.2) is 0 Å². The summed E-state index contributed by atoms with van der Waals surface area (Å²) in [7, 11) is 0. The molecule has 3 atom stereocenters. The van der Waals surface area contributed by atoms with Gasteiger partial charge in [-0.3, -0.25) is 9.69 Å². The zero-order valence-electron chi connectivity index (χ0n) is 10.9. The van der Waals surface area contributed by atoms with Crippen molar-refractivity contribution in [2.24, 2.45) is 0 Å². The molecule has 0 aromatic rings. The van der Waals surface area contributed by atoms with Crippen LogP contribution in [0, 0.1) is 0 Å². The second-order valence-corrected chi connectivity index (χ2v) is 4.97. The third-order valence-corrected chi connectivity index (χ3v) is 3.63. The van der Waals surface area contributed by atoms with Crippen LogP contribution in [0.5, 0.6) is 0 Å². The van der Waals surface area contributed by atoms with Crippen LogP contribution in [0.2, 0.25) is 0 Å². The summed E-state index contributed by atoms with van der Waals surface area (Å²) in [4.78, 5) is 14.2. The van der Waals surface area contributed by atoms with Gasteiger partial charge in [-0.25, -0.2) is 0 Å². The quantitative estimate of drug-likeness (QED) is 0.685. The van der Waals surface area contributed by atoms with Gasteiger partial charge in [-0.1, -0.05) is 13.3 Å². The van der Waals surface area contributed by atoms with E-state index >= 15 is 0 Å². The second kappa shape index (κ2) is 5.83. The molecule has 2 saturated heterocycles. The van der Waals surface area contributed by atoms with Crippen molar-refractivity contribution in [3.05, 3.63) is 0 Å². The van der Waals surface area contributed by atoms with E-state index in [2.05, 4.69) is 11.8 Å². The number of morpholine rings is 1. The summed E-state index contributed by atoms with van der Waals surface area (Å²) in [6, 6.07) is -0.0630. The first-order chi connectivity index (χ1) is 8.24. The van der Waals surface area contributed by atoms with Crippen LogP contribution in [0.4, 0.5) is 0 Å². The highest BCUT2D eigenvalue weighted by Crippen LogP contribution is 2.28. The maximum atomic E-state index is 12.0. The molecule has 2 heterocycles. The molecule has 2 bridgehead atoms. The molecule has 0 amide bonds. The summed E-state index contributed by atoms with van der Waals surface area (Å²) in [6.45, 7) is 6.22. The first-order valence-corrected chi connectivity index (χ1v) is 6.80. The van der Waals surface area contributed by atoms with E-state index in [-0.39, 0.29) is 12.0 Å². The molecule has 0 radical (unpaired) electrons. The van der Waals surface area contributed by atoms with Crippen molar-refractivity contribution >= 4 is 5.97 Å². The van der Waals surface area contributed by atoms with Crippen LogP contribution in [0.25, 0.3) is 0 Å². The minimum atomic E-state index is -0.0630. The molecule has 4 nitrogen and oxygen atoms in total. The van der Waals surface area contributed by atoms with Gasteiger partial charge in [0, 0.05) is 13.1 Å². The molecule has 0 N–H and O–H groups in total. The summed E-state index contributed by atoms with van der Waals surface area (Å²) >= 11 is 0. The highest BCUT2D eigenvalue weighted by Gasteiger charge is 2.38. The van der Waals surface area contributed by atoms with E-state index in [1.807, 2.05) is 6.92 Å². The summed E-state index contributed by atoms with van der Waals surface area (Å²) in [5.74, 6) is -0.0596. The Labute approximate surface area is 103 Å². The minimum Gasteiger partial charge on any atom is -0.465 e. The highest BCUT2D eigenvalue weighted by molar-refractivity contribution is 5.75. The van der Waals surface area contributed by atoms with Gasteiger partial charge in [0.1, 0.15) is 6.04 Å². The van der Waals surface area contributed by atoms with Crippen molar-refractivity contribution in [2.45, 2.75) is 57.8 Å². The molecule has 0 aromatic carbocycles. The summed E-state index contributed by atoms with van der Waals surface area (Å²) in [6.07, 6.45) is 4.85. The van der Waals surface area contributed by atoms with Gasteiger partial charge >= 0.3 is 5.97 Å². The average molecular weight is 241 g/mol. The number of carbonyl (C=O) groups excluding carboxylic acids is 1. The van der Waals surface area contributed by atoms with Crippen LogP contribution >= 0.6 is 0 Å². The molecule has 4 heteroatoms. The molecule has 2 fully saturated rings. The molecule has 17 heavy (non-hydrogen) atoms. The largest absolute Gasteiger partial charge is 0.465 e. The first-order valence-electron chi connectivity index (χ1n) is 6.80.